The third-order valence-electron chi connectivity index (χ3n) is 3.23. The Balaban J connectivity index is 1.72. The van der Waals surface area contributed by atoms with Crippen LogP contribution in [0, 0.1) is 0 Å². The van der Waals surface area contributed by atoms with Gasteiger partial charge in [-0.2, -0.15) is 0 Å². The van der Waals surface area contributed by atoms with Gasteiger partial charge in [-0.05, 0) is 23.6 Å². The molecule has 1 aliphatic rings. The highest BCUT2D eigenvalue weighted by Gasteiger charge is 2.18. The second-order valence-electron chi connectivity index (χ2n) is 4.54. The van der Waals surface area contributed by atoms with Crippen LogP contribution >= 0.6 is 11.3 Å². The van der Waals surface area contributed by atoms with Crippen molar-refractivity contribution in [2.45, 2.75) is 19.5 Å². The van der Waals surface area contributed by atoms with Gasteiger partial charge in [0.1, 0.15) is 0 Å². The number of rotatable bonds is 2. The highest BCUT2D eigenvalue weighted by molar-refractivity contribution is 7.16. The van der Waals surface area contributed by atoms with Gasteiger partial charge in [-0.1, -0.05) is 30.3 Å². The molecule has 0 atom stereocenters. The minimum atomic E-state index is 0.955. The fourth-order valence-electron chi connectivity index (χ4n) is 2.37. The smallest absolute Gasteiger partial charge is 0.0862 e. The van der Waals surface area contributed by atoms with E-state index in [1.165, 1.54) is 16.0 Å². The molecule has 0 radical (unpaired) electrons. The number of fused-ring (bicyclic) bond motifs is 1. The van der Waals surface area contributed by atoms with Crippen LogP contribution in [-0.4, -0.2) is 11.4 Å². The van der Waals surface area contributed by atoms with Crippen LogP contribution in [-0.2, 0) is 19.5 Å². The molecule has 0 amide bonds. The molecule has 0 bridgehead atoms. The maximum absolute atomic E-state index is 5.86. The van der Waals surface area contributed by atoms with Crippen LogP contribution in [0.2, 0.25) is 0 Å². The predicted octanol–water partition coefficient (Wildman–Crippen LogP) is 2.89. The lowest BCUT2D eigenvalue weighted by Crippen LogP contribution is -2.28. The first-order valence-corrected chi connectivity index (χ1v) is 6.76. The Morgan fingerprint density at radius 2 is 2.06 bits per heavy atom. The molecular formula is C14H16N2S. The fourth-order valence-corrected chi connectivity index (χ4v) is 3.40. The van der Waals surface area contributed by atoms with E-state index >= 15 is 0 Å². The number of nitrogen functional groups attached to an aromatic ring is 1. The van der Waals surface area contributed by atoms with Crippen LogP contribution in [0.1, 0.15) is 16.0 Å². The van der Waals surface area contributed by atoms with E-state index in [1.54, 1.807) is 11.3 Å². The second-order valence-corrected chi connectivity index (χ2v) is 5.71. The van der Waals surface area contributed by atoms with E-state index in [4.69, 9.17) is 5.73 Å². The van der Waals surface area contributed by atoms with Gasteiger partial charge in [-0.15, -0.1) is 11.3 Å². The molecule has 3 rings (SSSR count). The van der Waals surface area contributed by atoms with E-state index in [9.17, 15) is 0 Å². The first kappa shape index (κ1) is 10.8. The molecule has 1 aromatic carbocycles. The first-order valence-electron chi connectivity index (χ1n) is 5.94. The highest BCUT2D eigenvalue weighted by atomic mass is 32.1. The van der Waals surface area contributed by atoms with Crippen molar-refractivity contribution in [2.75, 3.05) is 12.3 Å². The van der Waals surface area contributed by atoms with Crippen molar-refractivity contribution in [1.29, 1.82) is 0 Å². The molecule has 0 unspecified atom stereocenters. The van der Waals surface area contributed by atoms with Crippen LogP contribution in [0.5, 0.6) is 0 Å². The zero-order chi connectivity index (χ0) is 11.7. The van der Waals surface area contributed by atoms with Gasteiger partial charge in [0.25, 0.3) is 0 Å². The molecule has 88 valence electrons. The van der Waals surface area contributed by atoms with Crippen LogP contribution in [0.4, 0.5) is 5.00 Å². The SMILES string of the molecule is Nc1cc2c(s1)CN(Cc1ccccc1)CC2. The van der Waals surface area contributed by atoms with Gasteiger partial charge in [0.2, 0.25) is 0 Å². The molecule has 2 heterocycles. The molecule has 3 heteroatoms. The van der Waals surface area contributed by atoms with Gasteiger partial charge < -0.3 is 5.73 Å². The van der Waals surface area contributed by atoms with Crippen molar-refractivity contribution in [1.82, 2.24) is 4.90 Å². The van der Waals surface area contributed by atoms with E-state index in [2.05, 4.69) is 41.3 Å². The topological polar surface area (TPSA) is 29.3 Å². The Morgan fingerprint density at radius 3 is 2.88 bits per heavy atom. The second kappa shape index (κ2) is 4.51. The molecule has 0 saturated heterocycles. The molecule has 0 spiro atoms. The molecule has 0 fully saturated rings. The summed E-state index contributed by atoms with van der Waals surface area (Å²) in [5.41, 5.74) is 8.70. The summed E-state index contributed by atoms with van der Waals surface area (Å²) in [5.74, 6) is 0. The summed E-state index contributed by atoms with van der Waals surface area (Å²) in [6.45, 7) is 3.22. The van der Waals surface area contributed by atoms with Crippen molar-refractivity contribution >= 4 is 16.3 Å². The molecule has 17 heavy (non-hydrogen) atoms. The quantitative estimate of drug-likeness (QED) is 0.880. The Bertz CT molecular complexity index is 504. The predicted molar refractivity (Wildman–Crippen MR) is 73.0 cm³/mol. The van der Waals surface area contributed by atoms with Gasteiger partial charge in [-0.3, -0.25) is 4.90 Å². The van der Waals surface area contributed by atoms with Gasteiger partial charge in [0, 0.05) is 24.5 Å². The van der Waals surface area contributed by atoms with Gasteiger partial charge in [-0.25, -0.2) is 0 Å². The lowest BCUT2D eigenvalue weighted by molar-refractivity contribution is 0.249. The summed E-state index contributed by atoms with van der Waals surface area (Å²) >= 11 is 1.74. The standard InChI is InChI=1S/C14H16N2S/c15-14-8-12-6-7-16(10-13(12)17-14)9-11-4-2-1-3-5-11/h1-5,8H,6-7,9-10,15H2. The number of thiophene rings is 1. The maximum Gasteiger partial charge on any atom is 0.0862 e. The molecular weight excluding hydrogens is 228 g/mol. The zero-order valence-electron chi connectivity index (χ0n) is 9.73. The Hall–Kier alpha value is -1.32. The average molecular weight is 244 g/mol. The molecule has 2 N–H and O–H groups in total. The minimum absolute atomic E-state index is 0.955. The van der Waals surface area contributed by atoms with Crippen molar-refractivity contribution in [3.63, 3.8) is 0 Å². The summed E-state index contributed by atoms with van der Waals surface area (Å²) in [4.78, 5) is 3.94. The van der Waals surface area contributed by atoms with Crippen LogP contribution < -0.4 is 5.73 Å². The van der Waals surface area contributed by atoms with E-state index < -0.39 is 0 Å². The van der Waals surface area contributed by atoms with Gasteiger partial charge in [0.05, 0.1) is 5.00 Å². The van der Waals surface area contributed by atoms with Gasteiger partial charge in [0.15, 0.2) is 0 Å². The Morgan fingerprint density at radius 1 is 1.24 bits per heavy atom. The minimum Gasteiger partial charge on any atom is -0.391 e. The first-order chi connectivity index (χ1) is 8.31. The summed E-state index contributed by atoms with van der Waals surface area (Å²) < 4.78 is 0. The normalized spacial score (nSPS) is 15.8. The van der Waals surface area contributed by atoms with Crippen molar-refractivity contribution in [3.05, 3.63) is 52.4 Å². The Kier molecular flexibility index (Phi) is 2.87. The summed E-state index contributed by atoms with van der Waals surface area (Å²) in [6, 6.07) is 12.8. The molecule has 2 nitrogen and oxygen atoms in total. The largest absolute Gasteiger partial charge is 0.391 e. The lowest BCUT2D eigenvalue weighted by Gasteiger charge is -2.26. The van der Waals surface area contributed by atoms with Crippen molar-refractivity contribution in [3.8, 4) is 0 Å². The zero-order valence-corrected chi connectivity index (χ0v) is 10.5. The number of hydrogen-bond acceptors (Lipinski definition) is 3. The molecule has 0 saturated carbocycles. The van der Waals surface area contributed by atoms with E-state index in [1.807, 2.05) is 0 Å². The van der Waals surface area contributed by atoms with Crippen molar-refractivity contribution in [2.24, 2.45) is 0 Å². The van der Waals surface area contributed by atoms with Gasteiger partial charge >= 0.3 is 0 Å². The van der Waals surface area contributed by atoms with Crippen LogP contribution in [0.25, 0.3) is 0 Å². The number of nitrogens with two attached hydrogens (primary N) is 1. The summed E-state index contributed by atoms with van der Waals surface area (Å²) in [6.07, 6.45) is 1.13. The Labute approximate surface area is 106 Å². The third kappa shape index (κ3) is 2.35. The summed E-state index contributed by atoms with van der Waals surface area (Å²) in [5, 5.41) is 0.955. The number of nitrogens with zero attached hydrogens (tertiary/aromatic N) is 1. The maximum atomic E-state index is 5.86. The van der Waals surface area contributed by atoms with Crippen molar-refractivity contribution < 1.29 is 0 Å². The molecule has 1 aliphatic heterocycles. The fraction of sp³-hybridized carbons (Fsp3) is 0.286. The number of anilines is 1. The van der Waals surface area contributed by atoms with E-state index in [-0.39, 0.29) is 0 Å². The third-order valence-corrected chi connectivity index (χ3v) is 4.22. The van der Waals surface area contributed by atoms with Crippen LogP contribution in [0.3, 0.4) is 0 Å². The van der Waals surface area contributed by atoms with E-state index in [0.29, 0.717) is 0 Å². The highest BCUT2D eigenvalue weighted by Crippen LogP contribution is 2.30. The summed E-state index contributed by atoms with van der Waals surface area (Å²) in [7, 11) is 0. The number of benzene rings is 1. The average Bonchev–Trinajstić information content (AvgIpc) is 2.70. The monoisotopic (exact) mass is 244 g/mol. The molecule has 2 aromatic rings. The molecule has 1 aromatic heterocycles. The molecule has 0 aliphatic carbocycles. The van der Waals surface area contributed by atoms with Crippen LogP contribution in [0.15, 0.2) is 36.4 Å². The van der Waals surface area contributed by atoms with E-state index in [0.717, 1.165) is 31.1 Å². The number of hydrogen-bond donors (Lipinski definition) is 1. The lowest BCUT2D eigenvalue weighted by atomic mass is 10.1.